The second kappa shape index (κ2) is 4.54. The minimum Gasteiger partial charge on any atom is -0.493 e. The summed E-state index contributed by atoms with van der Waals surface area (Å²) >= 11 is 3.50. The van der Waals surface area contributed by atoms with Crippen molar-refractivity contribution in [3.63, 3.8) is 0 Å². The summed E-state index contributed by atoms with van der Waals surface area (Å²) in [5, 5.41) is 0. The Morgan fingerprint density at radius 2 is 2.33 bits per heavy atom. The predicted molar refractivity (Wildman–Crippen MR) is 65.3 cm³/mol. The van der Waals surface area contributed by atoms with Gasteiger partial charge in [0.15, 0.2) is 0 Å². The van der Waals surface area contributed by atoms with Gasteiger partial charge in [0.1, 0.15) is 5.75 Å². The minimum absolute atomic E-state index is 0.180. The highest BCUT2D eigenvalue weighted by molar-refractivity contribution is 9.10. The summed E-state index contributed by atoms with van der Waals surface area (Å²) in [6, 6.07) is 6.36. The van der Waals surface area contributed by atoms with Gasteiger partial charge in [-0.15, -0.1) is 0 Å². The Morgan fingerprint density at radius 3 is 3.07 bits per heavy atom. The van der Waals surface area contributed by atoms with E-state index >= 15 is 0 Å². The zero-order valence-electron chi connectivity index (χ0n) is 8.87. The lowest BCUT2D eigenvalue weighted by Crippen LogP contribution is -2.24. The first kappa shape index (κ1) is 11.0. The summed E-state index contributed by atoms with van der Waals surface area (Å²) in [7, 11) is 0. The van der Waals surface area contributed by atoms with E-state index < -0.39 is 0 Å². The van der Waals surface area contributed by atoms with Crippen molar-refractivity contribution in [3.05, 3.63) is 28.2 Å². The lowest BCUT2D eigenvalue weighted by Gasteiger charge is -2.20. The van der Waals surface area contributed by atoms with Gasteiger partial charge in [0.25, 0.3) is 0 Å². The third kappa shape index (κ3) is 2.34. The number of hydrogen-bond acceptors (Lipinski definition) is 2. The molecule has 0 aromatic heterocycles. The molecular formula is C12H16BrNO. The summed E-state index contributed by atoms with van der Waals surface area (Å²) in [4.78, 5) is 0. The van der Waals surface area contributed by atoms with Crippen LogP contribution in [0.1, 0.15) is 31.2 Å². The molecule has 3 heteroatoms. The van der Waals surface area contributed by atoms with Gasteiger partial charge in [-0.2, -0.15) is 0 Å². The van der Waals surface area contributed by atoms with Crippen LogP contribution in [0.4, 0.5) is 0 Å². The maximum Gasteiger partial charge on any atom is 0.122 e. The average Bonchev–Trinajstić information content (AvgIpc) is 2.39. The van der Waals surface area contributed by atoms with E-state index in [1.165, 1.54) is 5.56 Å². The van der Waals surface area contributed by atoms with Gasteiger partial charge < -0.3 is 10.5 Å². The van der Waals surface area contributed by atoms with Crippen LogP contribution in [0.3, 0.4) is 0 Å². The SMILES string of the molecule is CC(N)C1CCCOc2ccc(Br)cc21. The van der Waals surface area contributed by atoms with Crippen molar-refractivity contribution in [1.82, 2.24) is 0 Å². The molecule has 1 aromatic rings. The van der Waals surface area contributed by atoms with Crippen LogP contribution in [-0.2, 0) is 0 Å². The number of nitrogens with two attached hydrogens (primary N) is 1. The molecule has 0 amide bonds. The Labute approximate surface area is 98.9 Å². The molecule has 1 aliphatic heterocycles. The van der Waals surface area contributed by atoms with Crippen molar-refractivity contribution in [2.45, 2.75) is 31.7 Å². The van der Waals surface area contributed by atoms with Crippen LogP contribution in [-0.4, -0.2) is 12.6 Å². The first-order valence-corrected chi connectivity index (χ1v) is 6.15. The number of hydrogen-bond donors (Lipinski definition) is 1. The highest BCUT2D eigenvalue weighted by atomic mass is 79.9. The van der Waals surface area contributed by atoms with Gasteiger partial charge in [-0.1, -0.05) is 15.9 Å². The van der Waals surface area contributed by atoms with E-state index in [4.69, 9.17) is 10.5 Å². The van der Waals surface area contributed by atoms with Crippen LogP contribution in [0.5, 0.6) is 5.75 Å². The minimum atomic E-state index is 0.180. The normalized spacial score (nSPS) is 22.5. The smallest absolute Gasteiger partial charge is 0.122 e. The molecule has 0 aliphatic carbocycles. The second-order valence-corrected chi connectivity index (χ2v) is 5.05. The van der Waals surface area contributed by atoms with Crippen LogP contribution < -0.4 is 10.5 Å². The molecule has 1 aliphatic rings. The zero-order chi connectivity index (χ0) is 10.8. The molecule has 2 nitrogen and oxygen atoms in total. The Balaban J connectivity index is 2.42. The quantitative estimate of drug-likeness (QED) is 0.851. The third-order valence-corrected chi connectivity index (χ3v) is 3.42. The Morgan fingerprint density at radius 1 is 1.53 bits per heavy atom. The molecule has 2 atom stereocenters. The summed E-state index contributed by atoms with van der Waals surface area (Å²) in [6.45, 7) is 2.87. The van der Waals surface area contributed by atoms with E-state index in [0.29, 0.717) is 5.92 Å². The molecule has 0 bridgehead atoms. The number of fused-ring (bicyclic) bond motifs is 1. The molecule has 15 heavy (non-hydrogen) atoms. The van der Waals surface area contributed by atoms with Gasteiger partial charge in [-0.05, 0) is 43.5 Å². The summed E-state index contributed by atoms with van der Waals surface area (Å²) < 4.78 is 6.80. The maximum absolute atomic E-state index is 6.03. The molecule has 0 radical (unpaired) electrons. The van der Waals surface area contributed by atoms with Gasteiger partial charge in [0, 0.05) is 16.4 Å². The number of ether oxygens (including phenoxy) is 1. The highest BCUT2D eigenvalue weighted by Crippen LogP contribution is 2.36. The van der Waals surface area contributed by atoms with Crippen LogP contribution >= 0.6 is 15.9 Å². The molecule has 0 saturated heterocycles. The highest BCUT2D eigenvalue weighted by Gasteiger charge is 2.22. The van der Waals surface area contributed by atoms with E-state index in [-0.39, 0.29) is 6.04 Å². The van der Waals surface area contributed by atoms with E-state index in [1.54, 1.807) is 0 Å². The van der Waals surface area contributed by atoms with E-state index in [0.717, 1.165) is 29.7 Å². The maximum atomic E-state index is 6.03. The lowest BCUT2D eigenvalue weighted by atomic mass is 9.89. The van der Waals surface area contributed by atoms with Gasteiger partial charge >= 0.3 is 0 Å². The summed E-state index contributed by atoms with van der Waals surface area (Å²) in [5.74, 6) is 1.41. The molecule has 2 rings (SSSR count). The van der Waals surface area contributed by atoms with E-state index in [2.05, 4.69) is 28.9 Å². The lowest BCUT2D eigenvalue weighted by molar-refractivity contribution is 0.315. The number of benzene rings is 1. The van der Waals surface area contributed by atoms with Crippen LogP contribution in [0.2, 0.25) is 0 Å². The Kier molecular flexibility index (Phi) is 3.32. The topological polar surface area (TPSA) is 35.2 Å². The van der Waals surface area contributed by atoms with Gasteiger partial charge in [-0.3, -0.25) is 0 Å². The first-order chi connectivity index (χ1) is 7.18. The van der Waals surface area contributed by atoms with Crippen molar-refractivity contribution in [2.75, 3.05) is 6.61 Å². The van der Waals surface area contributed by atoms with Crippen LogP contribution in [0.25, 0.3) is 0 Å². The van der Waals surface area contributed by atoms with E-state index in [1.807, 2.05) is 12.1 Å². The Bertz CT molecular complexity index is 351. The fraction of sp³-hybridized carbons (Fsp3) is 0.500. The molecule has 82 valence electrons. The zero-order valence-corrected chi connectivity index (χ0v) is 10.5. The molecule has 2 unspecified atom stereocenters. The number of rotatable bonds is 1. The average molecular weight is 270 g/mol. The molecule has 2 N–H and O–H groups in total. The second-order valence-electron chi connectivity index (χ2n) is 4.14. The van der Waals surface area contributed by atoms with E-state index in [9.17, 15) is 0 Å². The van der Waals surface area contributed by atoms with Crippen LogP contribution in [0, 0.1) is 0 Å². The van der Waals surface area contributed by atoms with Crippen molar-refractivity contribution < 1.29 is 4.74 Å². The molecule has 0 spiro atoms. The molecule has 0 saturated carbocycles. The molecular weight excluding hydrogens is 254 g/mol. The summed E-state index contributed by atoms with van der Waals surface area (Å²) in [6.07, 6.45) is 2.19. The van der Waals surface area contributed by atoms with Crippen molar-refractivity contribution >= 4 is 15.9 Å². The van der Waals surface area contributed by atoms with Gasteiger partial charge in [0.2, 0.25) is 0 Å². The standard InChI is InChI=1S/C12H16BrNO/c1-8(14)10-3-2-6-15-12-5-4-9(13)7-11(10)12/h4-5,7-8,10H,2-3,6,14H2,1H3. The monoisotopic (exact) mass is 269 g/mol. The first-order valence-electron chi connectivity index (χ1n) is 5.36. The van der Waals surface area contributed by atoms with Crippen molar-refractivity contribution in [1.29, 1.82) is 0 Å². The molecule has 0 fully saturated rings. The summed E-state index contributed by atoms with van der Waals surface area (Å²) in [5.41, 5.74) is 7.28. The largest absolute Gasteiger partial charge is 0.493 e. The van der Waals surface area contributed by atoms with Gasteiger partial charge in [0.05, 0.1) is 6.61 Å². The molecule has 1 heterocycles. The fourth-order valence-electron chi connectivity index (χ4n) is 2.13. The fourth-order valence-corrected chi connectivity index (χ4v) is 2.51. The number of halogens is 1. The predicted octanol–water partition coefficient (Wildman–Crippen LogP) is 3.05. The van der Waals surface area contributed by atoms with Crippen molar-refractivity contribution in [3.8, 4) is 5.75 Å². The van der Waals surface area contributed by atoms with Crippen LogP contribution in [0.15, 0.2) is 22.7 Å². The molecule has 1 aromatic carbocycles. The van der Waals surface area contributed by atoms with Gasteiger partial charge in [-0.25, -0.2) is 0 Å². The third-order valence-electron chi connectivity index (χ3n) is 2.92. The Hall–Kier alpha value is -0.540. The van der Waals surface area contributed by atoms with Crippen molar-refractivity contribution in [2.24, 2.45) is 5.73 Å².